The highest BCUT2D eigenvalue weighted by molar-refractivity contribution is 6.80. The fraction of sp³-hybridized carbons (Fsp3) is 0.444. The molecule has 2 heterocycles. The molecule has 0 radical (unpaired) electrons. The van der Waals surface area contributed by atoms with Gasteiger partial charge in [-0.05, 0) is 34.6 Å². The van der Waals surface area contributed by atoms with Crippen molar-refractivity contribution in [2.75, 3.05) is 13.2 Å². The molecule has 0 amide bonds. The van der Waals surface area contributed by atoms with Crippen LogP contribution in [0, 0.1) is 20.9 Å². The van der Waals surface area contributed by atoms with E-state index in [1.165, 1.54) is 16.6 Å². The fourth-order valence-corrected chi connectivity index (χ4v) is 7.80. The predicted molar refractivity (Wildman–Crippen MR) is 141 cm³/mol. The van der Waals surface area contributed by atoms with E-state index in [0.29, 0.717) is 13.2 Å². The molecule has 0 bridgehead atoms. The standard InChI is InChI=1S/C27H35N3O5Si/c1-25(2,3)23(35-36(21-12-8-6-9-13-21)22-14-10-7-11-15-22)27(19-33-26(4,5)34-20-27)18-29-17-16-28-24(29)30(31)32/h6-17,23,36H,18-20H2,1-5H3. The van der Waals surface area contributed by atoms with Gasteiger partial charge in [0.1, 0.15) is 12.4 Å². The number of ether oxygens (including phenoxy) is 2. The number of hydrogen-bond acceptors (Lipinski definition) is 6. The van der Waals surface area contributed by atoms with E-state index in [0.717, 1.165) is 0 Å². The summed E-state index contributed by atoms with van der Waals surface area (Å²) in [6, 6.07) is 20.6. The molecule has 0 N–H and O–H groups in total. The van der Waals surface area contributed by atoms with Crippen LogP contribution in [0.3, 0.4) is 0 Å². The zero-order valence-electron chi connectivity index (χ0n) is 21.6. The lowest BCUT2D eigenvalue weighted by molar-refractivity contribution is -0.397. The summed E-state index contributed by atoms with van der Waals surface area (Å²) in [7, 11) is -2.15. The van der Waals surface area contributed by atoms with Gasteiger partial charge in [0.2, 0.25) is 9.04 Å². The van der Waals surface area contributed by atoms with E-state index in [9.17, 15) is 10.1 Å². The summed E-state index contributed by atoms with van der Waals surface area (Å²) >= 11 is 0. The van der Waals surface area contributed by atoms with Crippen molar-refractivity contribution >= 4 is 25.4 Å². The van der Waals surface area contributed by atoms with Gasteiger partial charge < -0.3 is 24.0 Å². The summed E-state index contributed by atoms with van der Waals surface area (Å²) in [6.45, 7) is 11.1. The zero-order chi connectivity index (χ0) is 26.0. The third-order valence-electron chi connectivity index (χ3n) is 6.58. The summed E-state index contributed by atoms with van der Waals surface area (Å²) in [4.78, 5) is 15.2. The lowest BCUT2D eigenvalue weighted by atomic mass is 9.70. The Balaban J connectivity index is 1.80. The van der Waals surface area contributed by atoms with E-state index in [1.807, 2.05) is 50.2 Å². The second-order valence-corrected chi connectivity index (χ2v) is 13.4. The largest absolute Gasteiger partial charge is 0.434 e. The van der Waals surface area contributed by atoms with E-state index < -0.39 is 25.2 Å². The highest BCUT2D eigenvalue weighted by Gasteiger charge is 2.53. The Morgan fingerprint density at radius 1 is 1.06 bits per heavy atom. The molecule has 2 aromatic carbocycles. The summed E-state index contributed by atoms with van der Waals surface area (Å²) in [5, 5.41) is 14.0. The Bertz CT molecular complexity index is 1110. The zero-order valence-corrected chi connectivity index (χ0v) is 22.7. The van der Waals surface area contributed by atoms with Gasteiger partial charge in [0.05, 0.1) is 31.3 Å². The van der Waals surface area contributed by atoms with Crippen LogP contribution in [-0.2, 0) is 20.4 Å². The molecule has 4 rings (SSSR count). The lowest BCUT2D eigenvalue weighted by Crippen LogP contribution is -2.62. The molecule has 36 heavy (non-hydrogen) atoms. The molecule has 0 saturated carbocycles. The quantitative estimate of drug-likeness (QED) is 0.262. The number of aromatic nitrogens is 2. The maximum atomic E-state index is 11.7. The number of benzene rings is 2. The molecule has 8 nitrogen and oxygen atoms in total. The van der Waals surface area contributed by atoms with Gasteiger partial charge in [-0.2, -0.15) is 0 Å². The number of hydrogen-bond donors (Lipinski definition) is 0. The minimum atomic E-state index is -2.15. The smallest absolute Gasteiger partial charge is 0.407 e. The predicted octanol–water partition coefficient (Wildman–Crippen LogP) is 3.53. The maximum absolute atomic E-state index is 11.7. The minimum absolute atomic E-state index is 0.202. The van der Waals surface area contributed by atoms with Crippen LogP contribution >= 0.6 is 0 Å². The van der Waals surface area contributed by atoms with Gasteiger partial charge in [-0.3, -0.25) is 0 Å². The maximum Gasteiger partial charge on any atom is 0.434 e. The van der Waals surface area contributed by atoms with E-state index in [4.69, 9.17) is 13.9 Å². The Kier molecular flexibility index (Phi) is 7.47. The van der Waals surface area contributed by atoms with Crippen molar-refractivity contribution < 1.29 is 18.8 Å². The second kappa shape index (κ2) is 10.3. The Morgan fingerprint density at radius 2 is 1.58 bits per heavy atom. The van der Waals surface area contributed by atoms with Gasteiger partial charge in [-0.15, -0.1) is 0 Å². The Morgan fingerprint density at radius 3 is 2.06 bits per heavy atom. The third kappa shape index (κ3) is 5.75. The van der Waals surface area contributed by atoms with Crippen LogP contribution in [0.15, 0.2) is 73.1 Å². The molecule has 1 fully saturated rings. The topological polar surface area (TPSA) is 88.7 Å². The first-order valence-corrected chi connectivity index (χ1v) is 13.8. The molecule has 9 heteroatoms. The van der Waals surface area contributed by atoms with E-state index in [1.54, 1.807) is 10.8 Å². The summed E-state index contributed by atoms with van der Waals surface area (Å²) in [5.41, 5.74) is -1.01. The Hall–Kier alpha value is -2.85. The molecule has 1 aromatic heterocycles. The van der Waals surface area contributed by atoms with Crippen molar-refractivity contribution in [3.05, 3.63) is 83.2 Å². The van der Waals surface area contributed by atoms with Gasteiger partial charge in [0.25, 0.3) is 0 Å². The molecular formula is C27H35N3O5Si. The molecular weight excluding hydrogens is 474 g/mol. The van der Waals surface area contributed by atoms with Crippen molar-refractivity contribution in [3.8, 4) is 0 Å². The van der Waals surface area contributed by atoms with E-state index >= 15 is 0 Å². The highest BCUT2D eigenvalue weighted by atomic mass is 28.3. The first-order chi connectivity index (χ1) is 17.0. The molecule has 1 unspecified atom stereocenters. The number of nitro groups is 1. The number of nitrogens with zero attached hydrogens (tertiary/aromatic N) is 3. The van der Waals surface area contributed by atoms with Crippen molar-refractivity contribution in [3.63, 3.8) is 0 Å². The molecule has 0 spiro atoms. The molecule has 192 valence electrons. The van der Waals surface area contributed by atoms with Gasteiger partial charge >= 0.3 is 5.95 Å². The summed E-state index contributed by atoms with van der Waals surface area (Å²) < 4.78 is 21.2. The van der Waals surface area contributed by atoms with Crippen LogP contribution < -0.4 is 10.4 Å². The van der Waals surface area contributed by atoms with Crippen LogP contribution in [0.2, 0.25) is 0 Å². The van der Waals surface area contributed by atoms with Crippen LogP contribution in [0.25, 0.3) is 0 Å². The van der Waals surface area contributed by atoms with Gasteiger partial charge in [-0.25, -0.2) is 4.57 Å². The van der Waals surface area contributed by atoms with Crippen molar-refractivity contribution in [2.45, 2.75) is 53.1 Å². The first kappa shape index (κ1) is 26.2. The SMILES string of the molecule is CC1(C)OCC(Cn2ccnc2[N+](=O)[O-])(C(O[SiH](c2ccccc2)c2ccccc2)C(C)(C)C)CO1. The molecule has 1 saturated heterocycles. The van der Waals surface area contributed by atoms with Gasteiger partial charge in [0.15, 0.2) is 5.79 Å². The van der Waals surface area contributed by atoms with Crippen molar-refractivity contribution in [1.29, 1.82) is 0 Å². The average molecular weight is 510 g/mol. The molecule has 1 aliphatic heterocycles. The van der Waals surface area contributed by atoms with Crippen LogP contribution in [-0.4, -0.2) is 48.6 Å². The highest BCUT2D eigenvalue weighted by Crippen LogP contribution is 2.43. The van der Waals surface area contributed by atoms with E-state index in [2.05, 4.69) is 50.0 Å². The van der Waals surface area contributed by atoms with Gasteiger partial charge in [0, 0.05) is 0 Å². The molecule has 0 aliphatic carbocycles. The number of imidazole rings is 1. The van der Waals surface area contributed by atoms with Crippen LogP contribution in [0.1, 0.15) is 34.6 Å². The summed E-state index contributed by atoms with van der Waals surface area (Å²) in [5.74, 6) is -0.950. The summed E-state index contributed by atoms with van der Waals surface area (Å²) in [6.07, 6.45) is 2.77. The Labute approximate surface area is 214 Å². The van der Waals surface area contributed by atoms with Crippen LogP contribution in [0.4, 0.5) is 5.95 Å². The third-order valence-corrected chi connectivity index (χ3v) is 9.10. The average Bonchev–Trinajstić information content (AvgIpc) is 3.30. The fourth-order valence-electron chi connectivity index (χ4n) is 4.99. The lowest BCUT2D eigenvalue weighted by Gasteiger charge is -2.51. The second-order valence-electron chi connectivity index (χ2n) is 11.0. The van der Waals surface area contributed by atoms with Crippen LogP contribution in [0.5, 0.6) is 0 Å². The molecule has 3 aromatic rings. The van der Waals surface area contributed by atoms with Crippen molar-refractivity contribution in [1.82, 2.24) is 9.55 Å². The number of rotatable bonds is 8. The van der Waals surface area contributed by atoms with Crippen molar-refractivity contribution in [2.24, 2.45) is 10.8 Å². The first-order valence-electron chi connectivity index (χ1n) is 12.2. The minimum Gasteiger partial charge on any atom is -0.407 e. The van der Waals surface area contributed by atoms with E-state index in [-0.39, 0.29) is 24.0 Å². The monoisotopic (exact) mass is 509 g/mol. The molecule has 1 atom stereocenters. The van der Waals surface area contributed by atoms with Gasteiger partial charge in [-0.1, -0.05) is 86.4 Å². The normalized spacial score (nSPS) is 18.2. The molecule has 1 aliphatic rings.